The van der Waals surface area contributed by atoms with Crippen LogP contribution >= 0.6 is 0 Å². The third-order valence-electron chi connectivity index (χ3n) is 5.47. The fraction of sp³-hybridized carbons (Fsp3) is 0.524. The first-order chi connectivity index (χ1) is 14.3. The number of benzene rings is 1. The molecule has 3 rings (SSSR count). The first kappa shape index (κ1) is 22.5. The highest BCUT2D eigenvalue weighted by molar-refractivity contribution is 7.89. The monoisotopic (exact) mass is 434 g/mol. The molecule has 30 heavy (non-hydrogen) atoms. The molecular weight excluding hydrogens is 404 g/mol. The van der Waals surface area contributed by atoms with Crippen molar-refractivity contribution in [3.8, 4) is 0 Å². The van der Waals surface area contributed by atoms with Crippen LogP contribution in [0.4, 0.5) is 0 Å². The zero-order chi connectivity index (χ0) is 21.9. The molecule has 8 nitrogen and oxygen atoms in total. The number of aromatic nitrogens is 1. The molecule has 0 radical (unpaired) electrons. The first-order valence-corrected chi connectivity index (χ1v) is 11.7. The van der Waals surface area contributed by atoms with Gasteiger partial charge in [0.25, 0.3) is 5.91 Å². The summed E-state index contributed by atoms with van der Waals surface area (Å²) in [5.41, 5.74) is 1.91. The number of rotatable bonds is 7. The Morgan fingerprint density at radius 3 is 2.33 bits per heavy atom. The Morgan fingerprint density at radius 2 is 1.77 bits per heavy atom. The maximum absolute atomic E-state index is 13.0. The SMILES string of the molecule is CCN(CC)S(=O)(=O)c1cc(C(=O)N2CCN(Cc3cc(C)no3)CC2)ccc1C. The Morgan fingerprint density at radius 1 is 1.10 bits per heavy atom. The molecule has 1 saturated heterocycles. The Bertz CT molecular complexity index is 990. The van der Waals surface area contributed by atoms with Gasteiger partial charge in [0, 0.05) is 50.9 Å². The van der Waals surface area contributed by atoms with Gasteiger partial charge in [-0.1, -0.05) is 25.1 Å². The van der Waals surface area contributed by atoms with Crippen molar-refractivity contribution in [2.24, 2.45) is 0 Å². The van der Waals surface area contributed by atoms with Crippen LogP contribution < -0.4 is 0 Å². The van der Waals surface area contributed by atoms with E-state index in [2.05, 4.69) is 10.1 Å². The summed E-state index contributed by atoms with van der Waals surface area (Å²) < 4.78 is 32.6. The fourth-order valence-electron chi connectivity index (χ4n) is 3.72. The second-order valence-corrected chi connectivity index (χ2v) is 9.48. The van der Waals surface area contributed by atoms with Gasteiger partial charge >= 0.3 is 0 Å². The van der Waals surface area contributed by atoms with Crippen molar-refractivity contribution in [1.29, 1.82) is 0 Å². The third-order valence-corrected chi connectivity index (χ3v) is 7.67. The molecule has 1 aromatic carbocycles. The number of hydrogen-bond acceptors (Lipinski definition) is 6. The van der Waals surface area contributed by atoms with E-state index in [0.717, 1.165) is 24.5 Å². The topological polar surface area (TPSA) is 87.0 Å². The largest absolute Gasteiger partial charge is 0.360 e. The van der Waals surface area contributed by atoms with Crippen molar-refractivity contribution in [1.82, 2.24) is 19.3 Å². The summed E-state index contributed by atoms with van der Waals surface area (Å²) in [6.07, 6.45) is 0. The molecule has 9 heteroatoms. The number of amides is 1. The first-order valence-electron chi connectivity index (χ1n) is 10.3. The Labute approximate surface area is 178 Å². The maximum Gasteiger partial charge on any atom is 0.253 e. The van der Waals surface area contributed by atoms with E-state index in [-0.39, 0.29) is 10.8 Å². The van der Waals surface area contributed by atoms with Gasteiger partial charge in [0.15, 0.2) is 5.76 Å². The lowest BCUT2D eigenvalue weighted by Gasteiger charge is -2.34. The van der Waals surface area contributed by atoms with E-state index >= 15 is 0 Å². The van der Waals surface area contributed by atoms with E-state index in [1.807, 2.05) is 26.8 Å². The molecule has 1 aromatic heterocycles. The molecule has 0 aliphatic carbocycles. The van der Waals surface area contributed by atoms with Crippen LogP contribution in [0.5, 0.6) is 0 Å². The Balaban J connectivity index is 1.70. The van der Waals surface area contributed by atoms with Crippen molar-refractivity contribution >= 4 is 15.9 Å². The highest BCUT2D eigenvalue weighted by atomic mass is 32.2. The second-order valence-electron chi connectivity index (χ2n) is 7.57. The minimum atomic E-state index is -3.62. The summed E-state index contributed by atoms with van der Waals surface area (Å²) in [5, 5.41) is 3.91. The van der Waals surface area contributed by atoms with Gasteiger partial charge in [-0.2, -0.15) is 4.31 Å². The number of sulfonamides is 1. The van der Waals surface area contributed by atoms with E-state index in [0.29, 0.717) is 43.9 Å². The van der Waals surface area contributed by atoms with Crippen molar-refractivity contribution in [2.75, 3.05) is 39.3 Å². The van der Waals surface area contributed by atoms with E-state index in [4.69, 9.17) is 4.52 Å². The molecule has 0 unspecified atom stereocenters. The van der Waals surface area contributed by atoms with Gasteiger partial charge in [0.1, 0.15) is 0 Å². The van der Waals surface area contributed by atoms with Crippen LogP contribution in [0.15, 0.2) is 33.7 Å². The zero-order valence-electron chi connectivity index (χ0n) is 18.1. The molecule has 0 atom stereocenters. The predicted octanol–water partition coefficient (Wildman–Crippen LogP) is 2.28. The quantitative estimate of drug-likeness (QED) is 0.664. The lowest BCUT2D eigenvalue weighted by atomic mass is 10.1. The molecule has 164 valence electrons. The van der Waals surface area contributed by atoms with E-state index < -0.39 is 10.0 Å². The summed E-state index contributed by atoms with van der Waals surface area (Å²) in [5.74, 6) is 0.679. The van der Waals surface area contributed by atoms with Gasteiger partial charge in [0.05, 0.1) is 17.1 Å². The molecule has 0 saturated carbocycles. The lowest BCUT2D eigenvalue weighted by molar-refractivity contribution is 0.0617. The molecule has 1 amide bonds. The normalized spacial score (nSPS) is 15.7. The van der Waals surface area contributed by atoms with Crippen LogP contribution in [0.25, 0.3) is 0 Å². The highest BCUT2D eigenvalue weighted by Gasteiger charge is 2.27. The average molecular weight is 435 g/mol. The minimum Gasteiger partial charge on any atom is -0.360 e. The number of piperazine rings is 1. The number of carbonyl (C=O) groups is 1. The van der Waals surface area contributed by atoms with Crippen molar-refractivity contribution < 1.29 is 17.7 Å². The zero-order valence-corrected chi connectivity index (χ0v) is 18.9. The van der Waals surface area contributed by atoms with Gasteiger partial charge in [-0.25, -0.2) is 8.42 Å². The minimum absolute atomic E-state index is 0.138. The standard InChI is InChI=1S/C21H30N4O4S/c1-5-25(6-2)30(27,28)20-14-18(8-7-16(20)3)21(26)24-11-9-23(10-12-24)15-19-13-17(4)22-29-19/h7-8,13-14H,5-6,9-12,15H2,1-4H3. The summed E-state index contributed by atoms with van der Waals surface area (Å²) in [6, 6.07) is 6.87. The molecule has 1 aliphatic rings. The number of aryl methyl sites for hydroxylation is 2. The van der Waals surface area contributed by atoms with Crippen LogP contribution in [0.2, 0.25) is 0 Å². The summed E-state index contributed by atoms with van der Waals surface area (Å²) >= 11 is 0. The third kappa shape index (κ3) is 4.74. The van der Waals surface area contributed by atoms with Crippen LogP contribution in [0.1, 0.15) is 41.2 Å². The van der Waals surface area contributed by atoms with Crippen LogP contribution in [0.3, 0.4) is 0 Å². The van der Waals surface area contributed by atoms with Gasteiger partial charge in [0.2, 0.25) is 10.0 Å². The average Bonchev–Trinajstić information content (AvgIpc) is 3.13. The van der Waals surface area contributed by atoms with Crippen LogP contribution in [-0.4, -0.2) is 72.9 Å². The Kier molecular flexibility index (Phi) is 6.95. The summed E-state index contributed by atoms with van der Waals surface area (Å²) in [6.45, 7) is 11.3. The fourth-order valence-corrected chi connectivity index (χ4v) is 5.43. The predicted molar refractivity (Wildman–Crippen MR) is 114 cm³/mol. The number of nitrogens with zero attached hydrogens (tertiary/aromatic N) is 4. The van der Waals surface area contributed by atoms with E-state index in [1.165, 1.54) is 10.4 Å². The van der Waals surface area contributed by atoms with Crippen molar-refractivity contribution in [3.05, 3.63) is 46.8 Å². The summed E-state index contributed by atoms with van der Waals surface area (Å²) in [7, 11) is -3.62. The molecule has 1 aliphatic heterocycles. The Hall–Kier alpha value is -2.23. The summed E-state index contributed by atoms with van der Waals surface area (Å²) in [4.78, 5) is 17.2. The second kappa shape index (κ2) is 9.28. The highest BCUT2D eigenvalue weighted by Crippen LogP contribution is 2.22. The van der Waals surface area contributed by atoms with Crippen LogP contribution in [0, 0.1) is 13.8 Å². The van der Waals surface area contributed by atoms with Gasteiger partial charge in [-0.15, -0.1) is 0 Å². The lowest BCUT2D eigenvalue weighted by Crippen LogP contribution is -2.48. The molecule has 0 bridgehead atoms. The number of carbonyl (C=O) groups excluding carboxylic acids is 1. The van der Waals surface area contributed by atoms with Crippen LogP contribution in [-0.2, 0) is 16.6 Å². The molecule has 1 fully saturated rings. The molecular formula is C21H30N4O4S. The molecule has 2 heterocycles. The molecule has 0 spiro atoms. The van der Waals surface area contributed by atoms with Gasteiger partial charge in [-0.3, -0.25) is 9.69 Å². The van der Waals surface area contributed by atoms with E-state index in [1.54, 1.807) is 24.0 Å². The van der Waals surface area contributed by atoms with Crippen molar-refractivity contribution in [3.63, 3.8) is 0 Å². The molecule has 2 aromatic rings. The van der Waals surface area contributed by atoms with E-state index in [9.17, 15) is 13.2 Å². The maximum atomic E-state index is 13.0. The van der Waals surface area contributed by atoms with Crippen molar-refractivity contribution in [2.45, 2.75) is 39.1 Å². The molecule has 0 N–H and O–H groups in total. The van der Waals surface area contributed by atoms with Gasteiger partial charge < -0.3 is 9.42 Å². The van der Waals surface area contributed by atoms with Gasteiger partial charge in [-0.05, 0) is 31.5 Å². The number of hydrogen-bond donors (Lipinski definition) is 0. The smallest absolute Gasteiger partial charge is 0.253 e.